The number of carbonyl (C=O) groups excluding carboxylic acids is 1. The third-order valence-electron chi connectivity index (χ3n) is 4.15. The van der Waals surface area contributed by atoms with Gasteiger partial charge in [-0.3, -0.25) is 14.5 Å². The Labute approximate surface area is 125 Å². The third kappa shape index (κ3) is 3.61. The number of carbonyl (C=O) groups is 2. The molecule has 1 aromatic carbocycles. The maximum absolute atomic E-state index is 12.3. The van der Waals surface area contributed by atoms with Crippen LogP contribution in [-0.4, -0.2) is 41.0 Å². The minimum absolute atomic E-state index is 0.0882. The first-order valence-electron chi connectivity index (χ1n) is 7.23. The van der Waals surface area contributed by atoms with Crippen molar-refractivity contribution in [3.8, 4) is 0 Å². The quantitative estimate of drug-likeness (QED) is 0.890. The number of aryl methyl sites for hydroxylation is 2. The number of rotatable bonds is 4. The fourth-order valence-electron chi connectivity index (χ4n) is 2.61. The number of benzene rings is 1. The monoisotopic (exact) mass is 290 g/mol. The van der Waals surface area contributed by atoms with Crippen molar-refractivity contribution in [3.63, 3.8) is 0 Å². The number of hydrogen-bond acceptors (Lipinski definition) is 3. The van der Waals surface area contributed by atoms with Crippen LogP contribution in [0.2, 0.25) is 0 Å². The molecular formula is C16H22N2O3. The van der Waals surface area contributed by atoms with Gasteiger partial charge in [0, 0.05) is 12.2 Å². The summed E-state index contributed by atoms with van der Waals surface area (Å²) in [5, 5.41) is 12.0. The van der Waals surface area contributed by atoms with Gasteiger partial charge in [0.2, 0.25) is 5.91 Å². The number of nitrogens with zero attached hydrogens (tertiary/aromatic N) is 1. The summed E-state index contributed by atoms with van der Waals surface area (Å²) in [5.74, 6) is -1.23. The predicted molar refractivity (Wildman–Crippen MR) is 81.3 cm³/mol. The van der Waals surface area contributed by atoms with E-state index < -0.39 is 5.97 Å². The number of amides is 1. The van der Waals surface area contributed by atoms with E-state index in [1.54, 1.807) is 0 Å². The van der Waals surface area contributed by atoms with E-state index >= 15 is 0 Å². The van der Waals surface area contributed by atoms with Gasteiger partial charge in [0.1, 0.15) is 0 Å². The molecule has 1 amide bonds. The molecule has 1 fully saturated rings. The Balaban J connectivity index is 2.00. The van der Waals surface area contributed by atoms with Crippen LogP contribution in [0.15, 0.2) is 18.2 Å². The van der Waals surface area contributed by atoms with E-state index in [9.17, 15) is 9.59 Å². The second kappa shape index (κ2) is 6.26. The van der Waals surface area contributed by atoms with Crippen LogP contribution < -0.4 is 5.32 Å². The lowest BCUT2D eigenvalue weighted by molar-refractivity contribution is -0.141. The van der Waals surface area contributed by atoms with E-state index in [0.29, 0.717) is 19.5 Å². The van der Waals surface area contributed by atoms with Crippen LogP contribution >= 0.6 is 0 Å². The summed E-state index contributed by atoms with van der Waals surface area (Å²) >= 11 is 0. The lowest BCUT2D eigenvalue weighted by atomic mass is 10.1. The highest BCUT2D eigenvalue weighted by atomic mass is 16.4. The zero-order valence-corrected chi connectivity index (χ0v) is 12.7. The molecule has 1 aliphatic heterocycles. The van der Waals surface area contributed by atoms with Gasteiger partial charge in [-0.05, 0) is 50.9 Å². The number of likely N-dealkylation sites (tertiary alicyclic amines) is 1. The number of anilines is 1. The molecule has 0 bridgehead atoms. The first-order chi connectivity index (χ1) is 9.88. The smallest absolute Gasteiger partial charge is 0.307 e. The fourth-order valence-corrected chi connectivity index (χ4v) is 2.61. The summed E-state index contributed by atoms with van der Waals surface area (Å²) in [6.07, 6.45) is 0.608. The summed E-state index contributed by atoms with van der Waals surface area (Å²) in [7, 11) is 0. The molecule has 0 spiro atoms. The van der Waals surface area contributed by atoms with Crippen molar-refractivity contribution < 1.29 is 14.7 Å². The molecule has 1 saturated heterocycles. The van der Waals surface area contributed by atoms with Crippen molar-refractivity contribution in [2.75, 3.05) is 18.4 Å². The van der Waals surface area contributed by atoms with Crippen LogP contribution in [0.1, 0.15) is 24.5 Å². The summed E-state index contributed by atoms with van der Waals surface area (Å²) in [6.45, 7) is 6.85. The van der Waals surface area contributed by atoms with E-state index in [0.717, 1.165) is 16.8 Å². The number of hydrogen-bond donors (Lipinski definition) is 2. The molecule has 0 aliphatic carbocycles. The van der Waals surface area contributed by atoms with Crippen molar-refractivity contribution in [2.45, 2.75) is 33.2 Å². The molecule has 21 heavy (non-hydrogen) atoms. The highest BCUT2D eigenvalue weighted by Gasteiger charge is 2.33. The Morgan fingerprint density at radius 3 is 2.71 bits per heavy atom. The molecule has 2 N–H and O–H groups in total. The van der Waals surface area contributed by atoms with Crippen molar-refractivity contribution >= 4 is 17.6 Å². The molecule has 1 aliphatic rings. The Morgan fingerprint density at radius 2 is 2.10 bits per heavy atom. The molecule has 0 aromatic heterocycles. The zero-order valence-electron chi connectivity index (χ0n) is 12.7. The maximum Gasteiger partial charge on any atom is 0.307 e. The Hall–Kier alpha value is -1.88. The first-order valence-corrected chi connectivity index (χ1v) is 7.23. The van der Waals surface area contributed by atoms with Crippen molar-refractivity contribution in [1.82, 2.24) is 4.90 Å². The fraction of sp³-hybridized carbons (Fsp3) is 0.500. The van der Waals surface area contributed by atoms with E-state index in [1.165, 1.54) is 0 Å². The maximum atomic E-state index is 12.3. The minimum Gasteiger partial charge on any atom is -0.481 e. The molecule has 5 nitrogen and oxygen atoms in total. The van der Waals surface area contributed by atoms with Crippen LogP contribution in [0.4, 0.5) is 5.69 Å². The van der Waals surface area contributed by atoms with Gasteiger partial charge in [-0.15, -0.1) is 0 Å². The summed E-state index contributed by atoms with van der Waals surface area (Å²) in [6, 6.07) is 5.61. The zero-order chi connectivity index (χ0) is 15.6. The SMILES string of the molecule is Cc1ccc(C)c(NC(=O)C(C)N2CCC(C(=O)O)C2)c1. The number of carboxylic acids is 1. The van der Waals surface area contributed by atoms with Crippen LogP contribution in [0.5, 0.6) is 0 Å². The summed E-state index contributed by atoms with van der Waals surface area (Å²) < 4.78 is 0. The second-order valence-electron chi connectivity index (χ2n) is 5.80. The lowest BCUT2D eigenvalue weighted by Crippen LogP contribution is -2.41. The van der Waals surface area contributed by atoms with Gasteiger partial charge in [-0.2, -0.15) is 0 Å². The molecule has 2 atom stereocenters. The number of nitrogens with one attached hydrogen (secondary N) is 1. The largest absolute Gasteiger partial charge is 0.481 e. The Kier molecular flexibility index (Phi) is 4.63. The topological polar surface area (TPSA) is 69.6 Å². The summed E-state index contributed by atoms with van der Waals surface area (Å²) in [4.78, 5) is 25.3. The highest BCUT2D eigenvalue weighted by molar-refractivity contribution is 5.95. The van der Waals surface area contributed by atoms with Gasteiger partial charge in [0.25, 0.3) is 0 Å². The van der Waals surface area contributed by atoms with Gasteiger partial charge in [0.15, 0.2) is 0 Å². The third-order valence-corrected chi connectivity index (χ3v) is 4.15. The van der Waals surface area contributed by atoms with Crippen molar-refractivity contribution in [2.24, 2.45) is 5.92 Å². The van der Waals surface area contributed by atoms with Crippen LogP contribution in [0.3, 0.4) is 0 Å². The van der Waals surface area contributed by atoms with Gasteiger partial charge in [-0.1, -0.05) is 12.1 Å². The number of aliphatic carboxylic acids is 1. The average Bonchev–Trinajstić information content (AvgIpc) is 2.91. The predicted octanol–water partition coefficient (Wildman–Crippen LogP) is 2.04. The Bertz CT molecular complexity index is 556. The highest BCUT2D eigenvalue weighted by Crippen LogP contribution is 2.21. The van der Waals surface area contributed by atoms with E-state index in [2.05, 4.69) is 5.32 Å². The number of carboxylic acid groups (broad SMARTS) is 1. The molecule has 2 rings (SSSR count). The molecule has 1 aromatic rings. The van der Waals surface area contributed by atoms with Crippen LogP contribution in [0.25, 0.3) is 0 Å². The normalized spacial score (nSPS) is 20.2. The van der Waals surface area contributed by atoms with E-state index in [1.807, 2.05) is 43.9 Å². The van der Waals surface area contributed by atoms with Gasteiger partial charge >= 0.3 is 5.97 Å². The Morgan fingerprint density at radius 1 is 1.38 bits per heavy atom. The van der Waals surface area contributed by atoms with Crippen LogP contribution in [0, 0.1) is 19.8 Å². The summed E-state index contributed by atoms with van der Waals surface area (Å²) in [5.41, 5.74) is 2.93. The van der Waals surface area contributed by atoms with Crippen molar-refractivity contribution in [1.29, 1.82) is 0 Å². The standard InChI is InChI=1S/C16H22N2O3/c1-10-4-5-11(2)14(8-10)17-15(19)12(3)18-7-6-13(9-18)16(20)21/h4-5,8,12-13H,6-7,9H2,1-3H3,(H,17,19)(H,20,21). The molecule has 114 valence electrons. The molecule has 2 unspecified atom stereocenters. The molecule has 1 heterocycles. The molecule has 0 saturated carbocycles. The van der Waals surface area contributed by atoms with Crippen molar-refractivity contribution in [3.05, 3.63) is 29.3 Å². The lowest BCUT2D eigenvalue weighted by Gasteiger charge is -2.23. The van der Waals surface area contributed by atoms with Gasteiger partial charge in [0.05, 0.1) is 12.0 Å². The average molecular weight is 290 g/mol. The van der Waals surface area contributed by atoms with E-state index in [4.69, 9.17) is 5.11 Å². The molecule has 5 heteroatoms. The first kappa shape index (κ1) is 15.5. The second-order valence-corrected chi connectivity index (χ2v) is 5.80. The van der Waals surface area contributed by atoms with Gasteiger partial charge in [-0.25, -0.2) is 0 Å². The van der Waals surface area contributed by atoms with Gasteiger partial charge < -0.3 is 10.4 Å². The molecular weight excluding hydrogens is 268 g/mol. The van der Waals surface area contributed by atoms with Crippen LogP contribution in [-0.2, 0) is 9.59 Å². The van der Waals surface area contributed by atoms with E-state index in [-0.39, 0.29) is 17.9 Å². The molecule has 0 radical (unpaired) electrons. The minimum atomic E-state index is -0.778.